The first-order valence-electron chi connectivity index (χ1n) is 12.0. The largest absolute Gasteiger partial charge is 0.441 e. The number of nitrogens with one attached hydrogen (secondary N) is 1. The van der Waals surface area contributed by atoms with Gasteiger partial charge in [0.1, 0.15) is 5.76 Å². The normalized spacial score (nSPS) is 25.5. The molecule has 1 aliphatic carbocycles. The molecule has 0 radical (unpaired) electrons. The van der Waals surface area contributed by atoms with Gasteiger partial charge in [0.2, 0.25) is 11.8 Å². The Bertz CT molecular complexity index is 898. The number of rotatable bonds is 5. The lowest BCUT2D eigenvalue weighted by Gasteiger charge is -2.36. The molecule has 0 unspecified atom stereocenters. The van der Waals surface area contributed by atoms with Crippen LogP contribution in [0.25, 0.3) is 11.5 Å². The van der Waals surface area contributed by atoms with E-state index in [2.05, 4.69) is 43.1 Å². The highest BCUT2D eigenvalue weighted by molar-refractivity contribution is 5.79. The van der Waals surface area contributed by atoms with Crippen LogP contribution in [0, 0.1) is 31.6 Å². The van der Waals surface area contributed by atoms with E-state index in [1.54, 1.807) is 0 Å². The number of likely N-dealkylation sites (tertiary alicyclic amines) is 1. The average molecular weight is 424 g/mol. The summed E-state index contributed by atoms with van der Waals surface area (Å²) < 4.78 is 5.98. The number of aryl methyl sites for hydroxylation is 2. The fraction of sp³-hybridized carbons (Fsp3) is 0.615. The minimum atomic E-state index is 0.140. The van der Waals surface area contributed by atoms with E-state index < -0.39 is 0 Å². The number of carbonyl (C=O) groups excluding carboxylic acids is 1. The van der Waals surface area contributed by atoms with Gasteiger partial charge in [-0.3, -0.25) is 9.69 Å². The van der Waals surface area contributed by atoms with Crippen molar-refractivity contribution >= 4 is 5.91 Å². The number of oxazole rings is 1. The quantitative estimate of drug-likeness (QED) is 0.726. The molecule has 31 heavy (non-hydrogen) atoms. The third kappa shape index (κ3) is 5.03. The maximum absolute atomic E-state index is 12.9. The van der Waals surface area contributed by atoms with Gasteiger partial charge in [-0.15, -0.1) is 0 Å². The van der Waals surface area contributed by atoms with E-state index in [-0.39, 0.29) is 11.8 Å². The first kappa shape index (κ1) is 22.1. The van der Waals surface area contributed by atoms with Gasteiger partial charge in [0, 0.05) is 24.1 Å². The molecule has 1 aliphatic heterocycles. The van der Waals surface area contributed by atoms with Crippen LogP contribution in [-0.4, -0.2) is 34.9 Å². The van der Waals surface area contributed by atoms with E-state index in [1.807, 2.05) is 19.1 Å². The molecule has 1 saturated carbocycles. The zero-order chi connectivity index (χ0) is 22.0. The third-order valence-electron chi connectivity index (χ3n) is 7.63. The molecule has 1 aromatic heterocycles. The lowest BCUT2D eigenvalue weighted by molar-refractivity contribution is -0.128. The van der Waals surface area contributed by atoms with Gasteiger partial charge < -0.3 is 9.73 Å². The Balaban J connectivity index is 1.30. The molecule has 5 nitrogen and oxygen atoms in total. The monoisotopic (exact) mass is 423 g/mol. The standard InChI is InChI=1S/C26H37N3O2/c1-17-9-7-11-23(19(17)3)27-25(30)21-12-14-29(15-13-21)16-24-20(4)31-26(28-24)22-10-6-5-8-18(22)2/h5-6,8,10,17,19,21,23H,7,9,11-16H2,1-4H3,(H,27,30)/t17-,19-,23-/m1/s1. The number of hydrogen-bond acceptors (Lipinski definition) is 4. The second-order valence-electron chi connectivity index (χ2n) is 9.77. The molecule has 2 aliphatic rings. The number of carbonyl (C=O) groups is 1. The van der Waals surface area contributed by atoms with Crippen LogP contribution < -0.4 is 5.32 Å². The van der Waals surface area contributed by atoms with Crippen molar-refractivity contribution in [1.29, 1.82) is 0 Å². The number of piperidine rings is 1. The zero-order valence-electron chi connectivity index (χ0n) is 19.5. The molecule has 0 bridgehead atoms. The van der Waals surface area contributed by atoms with Gasteiger partial charge in [0.15, 0.2) is 0 Å². The summed E-state index contributed by atoms with van der Waals surface area (Å²) in [6.07, 6.45) is 5.49. The molecule has 1 saturated heterocycles. The minimum absolute atomic E-state index is 0.140. The lowest BCUT2D eigenvalue weighted by atomic mass is 9.78. The van der Waals surface area contributed by atoms with E-state index in [9.17, 15) is 4.79 Å². The van der Waals surface area contributed by atoms with Crippen LogP contribution in [0.15, 0.2) is 28.7 Å². The van der Waals surface area contributed by atoms with Crippen molar-refractivity contribution in [3.05, 3.63) is 41.3 Å². The Morgan fingerprint density at radius 3 is 2.61 bits per heavy atom. The number of benzene rings is 1. The second-order valence-corrected chi connectivity index (χ2v) is 9.77. The van der Waals surface area contributed by atoms with Gasteiger partial charge in [-0.1, -0.05) is 44.9 Å². The van der Waals surface area contributed by atoms with Crippen molar-refractivity contribution in [2.45, 2.75) is 72.4 Å². The van der Waals surface area contributed by atoms with Gasteiger partial charge >= 0.3 is 0 Å². The summed E-state index contributed by atoms with van der Waals surface area (Å²) in [7, 11) is 0. The van der Waals surface area contributed by atoms with Crippen LogP contribution in [-0.2, 0) is 11.3 Å². The third-order valence-corrected chi connectivity index (χ3v) is 7.63. The Labute approximate surface area is 186 Å². The lowest BCUT2D eigenvalue weighted by Crippen LogP contribution is -2.48. The molecule has 3 atom stereocenters. The molecule has 0 spiro atoms. The van der Waals surface area contributed by atoms with Gasteiger partial charge in [0.25, 0.3) is 0 Å². The average Bonchev–Trinajstić information content (AvgIpc) is 3.12. The molecular formula is C26H37N3O2. The molecule has 2 fully saturated rings. The summed E-state index contributed by atoms with van der Waals surface area (Å²) in [6.45, 7) is 11.3. The maximum Gasteiger partial charge on any atom is 0.226 e. The highest BCUT2D eigenvalue weighted by atomic mass is 16.4. The fourth-order valence-electron chi connectivity index (χ4n) is 5.15. The fourth-order valence-corrected chi connectivity index (χ4v) is 5.15. The minimum Gasteiger partial charge on any atom is -0.441 e. The molecule has 5 heteroatoms. The Kier molecular flexibility index (Phi) is 6.80. The van der Waals surface area contributed by atoms with Crippen LogP contribution in [0.5, 0.6) is 0 Å². The molecule has 1 aromatic carbocycles. The number of amides is 1. The van der Waals surface area contributed by atoms with E-state index >= 15 is 0 Å². The van der Waals surface area contributed by atoms with Crippen LogP contribution in [0.3, 0.4) is 0 Å². The van der Waals surface area contributed by atoms with E-state index in [4.69, 9.17) is 9.40 Å². The van der Waals surface area contributed by atoms with Crippen molar-refractivity contribution < 1.29 is 9.21 Å². The second kappa shape index (κ2) is 9.56. The van der Waals surface area contributed by atoms with Gasteiger partial charge in [-0.2, -0.15) is 0 Å². The zero-order valence-corrected chi connectivity index (χ0v) is 19.5. The summed E-state index contributed by atoms with van der Waals surface area (Å²) >= 11 is 0. The summed E-state index contributed by atoms with van der Waals surface area (Å²) in [6, 6.07) is 8.55. The van der Waals surface area contributed by atoms with Crippen molar-refractivity contribution in [3.63, 3.8) is 0 Å². The molecule has 1 N–H and O–H groups in total. The smallest absolute Gasteiger partial charge is 0.226 e. The van der Waals surface area contributed by atoms with Crippen molar-refractivity contribution in [1.82, 2.24) is 15.2 Å². The topological polar surface area (TPSA) is 58.4 Å². The first-order valence-corrected chi connectivity index (χ1v) is 12.0. The summed E-state index contributed by atoms with van der Waals surface area (Å²) in [4.78, 5) is 20.1. The highest BCUT2D eigenvalue weighted by Gasteiger charge is 2.32. The van der Waals surface area contributed by atoms with Crippen molar-refractivity contribution in [2.24, 2.45) is 17.8 Å². The van der Waals surface area contributed by atoms with Crippen LogP contribution in [0.2, 0.25) is 0 Å². The van der Waals surface area contributed by atoms with Crippen LogP contribution in [0.4, 0.5) is 0 Å². The van der Waals surface area contributed by atoms with Crippen LogP contribution >= 0.6 is 0 Å². The summed E-state index contributed by atoms with van der Waals surface area (Å²) in [5.41, 5.74) is 3.23. The molecule has 2 aromatic rings. The number of nitrogens with zero attached hydrogens (tertiary/aromatic N) is 2. The molecular weight excluding hydrogens is 386 g/mol. The Hall–Kier alpha value is -2.14. The Morgan fingerprint density at radius 2 is 1.87 bits per heavy atom. The van der Waals surface area contributed by atoms with Crippen molar-refractivity contribution in [2.75, 3.05) is 13.1 Å². The highest BCUT2D eigenvalue weighted by Crippen LogP contribution is 2.30. The molecule has 2 heterocycles. The first-order chi connectivity index (χ1) is 14.9. The SMILES string of the molecule is Cc1ccccc1-c1nc(CN2CCC(C(=O)N[C@@H]3CCC[C@@H](C)[C@H]3C)CC2)c(C)o1. The molecule has 1 amide bonds. The molecule has 168 valence electrons. The Morgan fingerprint density at radius 1 is 1.13 bits per heavy atom. The summed E-state index contributed by atoms with van der Waals surface area (Å²) in [5.74, 6) is 3.28. The number of hydrogen-bond donors (Lipinski definition) is 1. The van der Waals surface area contributed by atoms with Gasteiger partial charge in [0.05, 0.1) is 5.69 Å². The molecule has 4 rings (SSSR count). The van der Waals surface area contributed by atoms with Gasteiger partial charge in [-0.05, 0) is 69.7 Å². The van der Waals surface area contributed by atoms with E-state index in [0.29, 0.717) is 23.8 Å². The predicted octanol–water partition coefficient (Wildman–Crippen LogP) is 5.11. The maximum atomic E-state index is 12.9. The van der Waals surface area contributed by atoms with E-state index in [1.165, 1.54) is 18.4 Å². The number of aromatic nitrogens is 1. The summed E-state index contributed by atoms with van der Waals surface area (Å²) in [5, 5.41) is 3.38. The van der Waals surface area contributed by atoms with Gasteiger partial charge in [-0.25, -0.2) is 4.98 Å². The van der Waals surface area contributed by atoms with E-state index in [0.717, 1.165) is 55.9 Å². The van der Waals surface area contributed by atoms with Crippen LogP contribution in [0.1, 0.15) is 63.0 Å². The van der Waals surface area contributed by atoms with Crippen molar-refractivity contribution in [3.8, 4) is 11.5 Å². The predicted molar refractivity (Wildman–Crippen MR) is 124 cm³/mol.